The summed E-state index contributed by atoms with van der Waals surface area (Å²) in [6.45, 7) is 3.58. The van der Waals surface area contributed by atoms with Crippen LogP contribution in [0.5, 0.6) is 0 Å². The Morgan fingerprint density at radius 2 is 1.83 bits per heavy atom. The van der Waals surface area contributed by atoms with Crippen molar-refractivity contribution in [2.45, 2.75) is 25.1 Å². The zero-order valence-electron chi connectivity index (χ0n) is 12.9. The van der Waals surface area contributed by atoms with Crippen LogP contribution in [0.2, 0.25) is 0 Å². The SMILES string of the molecule is CC(C)OC(=O)c1ccc(NC(=O)CSc2ncccn2)cc1. The van der Waals surface area contributed by atoms with Gasteiger partial charge in [0.2, 0.25) is 5.91 Å². The van der Waals surface area contributed by atoms with E-state index in [0.29, 0.717) is 16.4 Å². The number of rotatable bonds is 6. The Hall–Kier alpha value is -2.41. The van der Waals surface area contributed by atoms with Crippen molar-refractivity contribution in [2.24, 2.45) is 0 Å². The lowest BCUT2D eigenvalue weighted by Crippen LogP contribution is -2.15. The van der Waals surface area contributed by atoms with E-state index in [0.717, 1.165) is 0 Å². The first-order valence-electron chi connectivity index (χ1n) is 7.05. The molecule has 7 heteroatoms. The lowest BCUT2D eigenvalue weighted by Gasteiger charge is -2.09. The molecule has 1 heterocycles. The first kappa shape index (κ1) is 17.0. The van der Waals surface area contributed by atoms with E-state index in [-0.39, 0.29) is 23.7 Å². The van der Waals surface area contributed by atoms with Gasteiger partial charge in [0.1, 0.15) is 0 Å². The molecule has 23 heavy (non-hydrogen) atoms. The maximum atomic E-state index is 11.9. The van der Waals surface area contributed by atoms with Crippen molar-refractivity contribution in [3.8, 4) is 0 Å². The molecule has 0 saturated carbocycles. The minimum atomic E-state index is -0.380. The Labute approximate surface area is 138 Å². The van der Waals surface area contributed by atoms with Gasteiger partial charge in [-0.25, -0.2) is 14.8 Å². The molecule has 0 aliphatic rings. The van der Waals surface area contributed by atoms with Gasteiger partial charge in [-0.2, -0.15) is 0 Å². The average Bonchev–Trinajstić information content (AvgIpc) is 2.54. The van der Waals surface area contributed by atoms with Gasteiger partial charge in [0, 0.05) is 18.1 Å². The summed E-state index contributed by atoms with van der Waals surface area (Å²) in [5, 5.41) is 3.30. The summed E-state index contributed by atoms with van der Waals surface area (Å²) in [4.78, 5) is 31.7. The smallest absolute Gasteiger partial charge is 0.338 e. The summed E-state index contributed by atoms with van der Waals surface area (Å²) in [7, 11) is 0. The Morgan fingerprint density at radius 3 is 2.43 bits per heavy atom. The highest BCUT2D eigenvalue weighted by molar-refractivity contribution is 7.99. The first-order chi connectivity index (χ1) is 11.0. The number of carbonyl (C=O) groups excluding carboxylic acids is 2. The Kier molecular flexibility index (Phi) is 6.10. The van der Waals surface area contributed by atoms with E-state index in [9.17, 15) is 9.59 Å². The standard InChI is InChI=1S/C16H17N3O3S/c1-11(2)22-15(21)12-4-6-13(7-5-12)19-14(20)10-23-16-17-8-3-9-18-16/h3-9,11H,10H2,1-2H3,(H,19,20). The van der Waals surface area contributed by atoms with Crippen LogP contribution in [0.1, 0.15) is 24.2 Å². The van der Waals surface area contributed by atoms with Gasteiger partial charge in [-0.3, -0.25) is 4.79 Å². The maximum absolute atomic E-state index is 11.9. The van der Waals surface area contributed by atoms with Gasteiger partial charge in [-0.05, 0) is 44.2 Å². The van der Waals surface area contributed by atoms with Crippen LogP contribution in [0.15, 0.2) is 47.9 Å². The second-order valence-corrected chi connectivity index (χ2v) is 5.84. The second kappa shape index (κ2) is 8.28. The molecule has 0 radical (unpaired) electrons. The molecule has 0 atom stereocenters. The fraction of sp³-hybridized carbons (Fsp3) is 0.250. The molecule has 2 rings (SSSR count). The van der Waals surface area contributed by atoms with Gasteiger partial charge in [0.15, 0.2) is 5.16 Å². The predicted molar refractivity (Wildman–Crippen MR) is 88.4 cm³/mol. The van der Waals surface area contributed by atoms with Crippen molar-refractivity contribution in [1.82, 2.24) is 9.97 Å². The highest BCUT2D eigenvalue weighted by Gasteiger charge is 2.10. The Balaban J connectivity index is 1.85. The fourth-order valence-electron chi connectivity index (χ4n) is 1.66. The van der Waals surface area contributed by atoms with Crippen LogP contribution >= 0.6 is 11.8 Å². The third-order valence-electron chi connectivity index (χ3n) is 2.62. The van der Waals surface area contributed by atoms with Crippen LogP contribution < -0.4 is 5.32 Å². The summed E-state index contributed by atoms with van der Waals surface area (Å²) in [6.07, 6.45) is 3.09. The highest BCUT2D eigenvalue weighted by Crippen LogP contribution is 2.14. The molecule has 0 spiro atoms. The minimum absolute atomic E-state index is 0.167. The number of esters is 1. The molecule has 0 unspecified atom stereocenters. The second-order valence-electron chi connectivity index (χ2n) is 4.90. The van der Waals surface area contributed by atoms with E-state index in [1.165, 1.54) is 11.8 Å². The first-order valence-corrected chi connectivity index (χ1v) is 8.04. The topological polar surface area (TPSA) is 81.2 Å². The van der Waals surface area contributed by atoms with E-state index in [1.54, 1.807) is 56.6 Å². The zero-order chi connectivity index (χ0) is 16.7. The van der Waals surface area contributed by atoms with Gasteiger partial charge in [0.05, 0.1) is 17.4 Å². The molecule has 0 saturated heterocycles. The molecule has 0 fully saturated rings. The van der Waals surface area contributed by atoms with Crippen molar-refractivity contribution in [1.29, 1.82) is 0 Å². The van der Waals surface area contributed by atoms with E-state index in [2.05, 4.69) is 15.3 Å². The number of amides is 1. The number of nitrogens with zero attached hydrogens (tertiary/aromatic N) is 2. The van der Waals surface area contributed by atoms with E-state index in [1.807, 2.05) is 0 Å². The van der Waals surface area contributed by atoms with Crippen molar-refractivity contribution in [2.75, 3.05) is 11.1 Å². The summed E-state index contributed by atoms with van der Waals surface area (Å²) < 4.78 is 5.10. The molecule has 120 valence electrons. The molecular weight excluding hydrogens is 314 g/mol. The lowest BCUT2D eigenvalue weighted by molar-refractivity contribution is -0.113. The Morgan fingerprint density at radius 1 is 1.17 bits per heavy atom. The van der Waals surface area contributed by atoms with Crippen LogP contribution in [0, 0.1) is 0 Å². The van der Waals surface area contributed by atoms with Crippen LogP contribution in [0.25, 0.3) is 0 Å². The maximum Gasteiger partial charge on any atom is 0.338 e. The van der Waals surface area contributed by atoms with Crippen LogP contribution in [0.3, 0.4) is 0 Å². The number of aromatic nitrogens is 2. The molecule has 0 aliphatic heterocycles. The molecule has 0 aliphatic carbocycles. The van der Waals surface area contributed by atoms with Gasteiger partial charge in [-0.1, -0.05) is 11.8 Å². The highest BCUT2D eigenvalue weighted by atomic mass is 32.2. The number of nitrogens with one attached hydrogen (secondary N) is 1. The summed E-state index contributed by atoms with van der Waals surface area (Å²) >= 11 is 1.25. The number of ether oxygens (including phenoxy) is 1. The van der Waals surface area contributed by atoms with Crippen LogP contribution in [-0.2, 0) is 9.53 Å². The molecule has 1 N–H and O–H groups in total. The molecule has 1 amide bonds. The molecular formula is C16H17N3O3S. The van der Waals surface area contributed by atoms with Crippen molar-refractivity contribution >= 4 is 29.3 Å². The van der Waals surface area contributed by atoms with Gasteiger partial charge < -0.3 is 10.1 Å². The van der Waals surface area contributed by atoms with Crippen LogP contribution in [0.4, 0.5) is 5.69 Å². The fourth-order valence-corrected chi connectivity index (χ4v) is 2.26. The predicted octanol–water partition coefficient (Wildman–Crippen LogP) is 2.77. The number of thioether (sulfide) groups is 1. The molecule has 0 bridgehead atoms. The van der Waals surface area contributed by atoms with Gasteiger partial charge >= 0.3 is 5.97 Å². The minimum Gasteiger partial charge on any atom is -0.459 e. The van der Waals surface area contributed by atoms with Gasteiger partial charge in [-0.15, -0.1) is 0 Å². The summed E-state index contributed by atoms with van der Waals surface area (Å²) in [5.41, 5.74) is 1.06. The van der Waals surface area contributed by atoms with E-state index >= 15 is 0 Å². The monoisotopic (exact) mass is 331 g/mol. The third kappa shape index (κ3) is 5.71. The lowest BCUT2D eigenvalue weighted by atomic mass is 10.2. The van der Waals surface area contributed by atoms with Crippen molar-refractivity contribution < 1.29 is 14.3 Å². The molecule has 1 aromatic heterocycles. The van der Waals surface area contributed by atoms with Crippen LogP contribution in [-0.4, -0.2) is 33.7 Å². The van der Waals surface area contributed by atoms with Crippen molar-refractivity contribution in [3.63, 3.8) is 0 Å². The Bertz CT molecular complexity index is 660. The quantitative estimate of drug-likeness (QED) is 0.498. The number of hydrogen-bond donors (Lipinski definition) is 1. The number of carbonyl (C=O) groups is 2. The number of benzene rings is 1. The number of anilines is 1. The van der Waals surface area contributed by atoms with E-state index < -0.39 is 0 Å². The largest absolute Gasteiger partial charge is 0.459 e. The summed E-state index contributed by atoms with van der Waals surface area (Å²) in [5.74, 6) is -0.337. The molecule has 1 aromatic carbocycles. The number of hydrogen-bond acceptors (Lipinski definition) is 6. The summed E-state index contributed by atoms with van der Waals surface area (Å²) in [6, 6.07) is 8.29. The normalized spacial score (nSPS) is 10.4. The third-order valence-corrected chi connectivity index (χ3v) is 3.50. The zero-order valence-corrected chi connectivity index (χ0v) is 13.7. The average molecular weight is 331 g/mol. The molecule has 6 nitrogen and oxygen atoms in total. The van der Waals surface area contributed by atoms with Gasteiger partial charge in [0.25, 0.3) is 0 Å². The van der Waals surface area contributed by atoms with E-state index in [4.69, 9.17) is 4.74 Å². The molecule has 2 aromatic rings. The van der Waals surface area contributed by atoms with Crippen molar-refractivity contribution in [3.05, 3.63) is 48.3 Å².